The standard InChI is InChI=1S/C17H24N2O3/c20-17(7-10-19-8-3-1-2-4-9-19)18-14-5-6-15-16(13-14)22-12-11-21-15/h5-6,13H,1-4,7-12H2,(H,18,20)/p+1. The van der Waals surface area contributed by atoms with Crippen molar-refractivity contribution in [2.75, 3.05) is 38.2 Å². The van der Waals surface area contributed by atoms with Crippen molar-refractivity contribution >= 4 is 11.6 Å². The first-order valence-corrected chi connectivity index (χ1v) is 8.34. The summed E-state index contributed by atoms with van der Waals surface area (Å²) in [6, 6.07) is 5.56. The lowest BCUT2D eigenvalue weighted by molar-refractivity contribution is -0.898. The third kappa shape index (κ3) is 4.13. The number of quaternary nitrogens is 1. The predicted molar refractivity (Wildman–Crippen MR) is 84.7 cm³/mol. The normalized spacial score (nSPS) is 18.5. The number of ether oxygens (including phenoxy) is 2. The van der Waals surface area contributed by atoms with Crippen LogP contribution in [0.1, 0.15) is 32.1 Å². The van der Waals surface area contributed by atoms with Gasteiger partial charge in [0, 0.05) is 11.8 Å². The summed E-state index contributed by atoms with van der Waals surface area (Å²) in [6.45, 7) is 4.48. The van der Waals surface area contributed by atoms with Gasteiger partial charge in [-0.05, 0) is 37.8 Å². The van der Waals surface area contributed by atoms with Crippen molar-refractivity contribution < 1.29 is 19.2 Å². The van der Waals surface area contributed by atoms with E-state index in [1.54, 1.807) is 4.90 Å². The third-order valence-electron chi connectivity index (χ3n) is 4.34. The maximum atomic E-state index is 12.1. The van der Waals surface area contributed by atoms with Crippen LogP contribution in [-0.4, -0.2) is 38.8 Å². The highest BCUT2D eigenvalue weighted by atomic mass is 16.6. The fourth-order valence-corrected chi connectivity index (χ4v) is 3.11. The van der Waals surface area contributed by atoms with Crippen LogP contribution in [0.25, 0.3) is 0 Å². The zero-order chi connectivity index (χ0) is 15.2. The van der Waals surface area contributed by atoms with Gasteiger partial charge in [-0.25, -0.2) is 0 Å². The highest BCUT2D eigenvalue weighted by Gasteiger charge is 2.15. The van der Waals surface area contributed by atoms with E-state index in [9.17, 15) is 4.79 Å². The van der Waals surface area contributed by atoms with Gasteiger partial charge >= 0.3 is 0 Å². The average Bonchev–Trinajstić information content (AvgIpc) is 2.81. The highest BCUT2D eigenvalue weighted by molar-refractivity contribution is 5.91. The number of hydrogen-bond acceptors (Lipinski definition) is 3. The molecule has 5 nitrogen and oxygen atoms in total. The molecule has 0 aromatic heterocycles. The van der Waals surface area contributed by atoms with E-state index in [0.717, 1.165) is 18.0 Å². The van der Waals surface area contributed by atoms with E-state index >= 15 is 0 Å². The van der Waals surface area contributed by atoms with Crippen LogP contribution in [0.15, 0.2) is 18.2 Å². The first-order valence-electron chi connectivity index (χ1n) is 8.34. The first-order chi connectivity index (χ1) is 10.8. The van der Waals surface area contributed by atoms with Crippen molar-refractivity contribution in [2.24, 2.45) is 0 Å². The van der Waals surface area contributed by atoms with E-state index in [1.807, 2.05) is 18.2 Å². The van der Waals surface area contributed by atoms with E-state index in [4.69, 9.17) is 9.47 Å². The van der Waals surface area contributed by atoms with Crippen LogP contribution in [0, 0.1) is 0 Å². The van der Waals surface area contributed by atoms with Crippen LogP contribution in [0.5, 0.6) is 11.5 Å². The predicted octanol–water partition coefficient (Wildman–Crippen LogP) is 1.25. The lowest BCUT2D eigenvalue weighted by Crippen LogP contribution is -3.12. The summed E-state index contributed by atoms with van der Waals surface area (Å²) in [5, 5.41) is 2.96. The van der Waals surface area contributed by atoms with Crippen molar-refractivity contribution in [3.63, 3.8) is 0 Å². The summed E-state index contributed by atoms with van der Waals surface area (Å²) < 4.78 is 11.0. The summed E-state index contributed by atoms with van der Waals surface area (Å²) in [6.07, 6.45) is 5.84. The van der Waals surface area contributed by atoms with Crippen molar-refractivity contribution in [1.82, 2.24) is 0 Å². The minimum atomic E-state index is 0.0772. The minimum Gasteiger partial charge on any atom is -0.486 e. The molecule has 3 rings (SSSR count). The molecule has 0 radical (unpaired) electrons. The summed E-state index contributed by atoms with van der Waals surface area (Å²) in [7, 11) is 0. The van der Waals surface area contributed by atoms with E-state index in [-0.39, 0.29) is 5.91 Å². The molecule has 0 atom stereocenters. The summed E-state index contributed by atoms with van der Waals surface area (Å²) >= 11 is 0. The molecule has 1 amide bonds. The first kappa shape index (κ1) is 15.2. The molecule has 120 valence electrons. The zero-order valence-corrected chi connectivity index (χ0v) is 13.0. The van der Waals surface area contributed by atoms with Gasteiger partial charge in [0.25, 0.3) is 0 Å². The molecule has 1 saturated heterocycles. The Balaban J connectivity index is 1.48. The molecule has 0 saturated carbocycles. The summed E-state index contributed by atoms with van der Waals surface area (Å²) in [5.74, 6) is 1.54. The van der Waals surface area contributed by atoms with Gasteiger partial charge in [0.1, 0.15) is 13.2 Å². The third-order valence-corrected chi connectivity index (χ3v) is 4.34. The van der Waals surface area contributed by atoms with E-state index < -0.39 is 0 Å². The lowest BCUT2D eigenvalue weighted by Gasteiger charge is -2.19. The average molecular weight is 305 g/mol. The molecular weight excluding hydrogens is 280 g/mol. The van der Waals surface area contributed by atoms with Crippen molar-refractivity contribution in [1.29, 1.82) is 0 Å². The second kappa shape index (κ2) is 7.49. The van der Waals surface area contributed by atoms with E-state index in [0.29, 0.717) is 25.4 Å². The number of likely N-dealkylation sites (tertiary alicyclic amines) is 1. The molecule has 1 aromatic carbocycles. The molecule has 0 unspecified atom stereocenters. The molecule has 2 aliphatic rings. The Hall–Kier alpha value is -1.75. The monoisotopic (exact) mass is 305 g/mol. The number of nitrogens with one attached hydrogen (secondary N) is 2. The maximum Gasteiger partial charge on any atom is 0.230 e. The second-order valence-corrected chi connectivity index (χ2v) is 6.07. The smallest absolute Gasteiger partial charge is 0.230 e. The number of benzene rings is 1. The molecule has 0 spiro atoms. The SMILES string of the molecule is O=C(CC[NH+]1CCCCCC1)Nc1ccc2c(c1)OCCO2. The number of carbonyl (C=O) groups excluding carboxylic acids is 1. The van der Waals surface area contributed by atoms with Gasteiger partial charge in [0.15, 0.2) is 11.5 Å². The molecule has 2 N–H and O–H groups in total. The number of hydrogen-bond donors (Lipinski definition) is 2. The van der Waals surface area contributed by atoms with Gasteiger partial charge < -0.3 is 19.7 Å². The van der Waals surface area contributed by atoms with Crippen LogP contribution in [0.2, 0.25) is 0 Å². The quantitative estimate of drug-likeness (QED) is 0.880. The van der Waals surface area contributed by atoms with Gasteiger partial charge in [0.2, 0.25) is 5.91 Å². The minimum absolute atomic E-state index is 0.0772. The summed E-state index contributed by atoms with van der Waals surface area (Å²) in [5.41, 5.74) is 0.778. The van der Waals surface area contributed by atoms with Crippen molar-refractivity contribution in [2.45, 2.75) is 32.1 Å². The molecule has 2 heterocycles. The molecule has 2 aliphatic heterocycles. The molecule has 22 heavy (non-hydrogen) atoms. The molecule has 1 fully saturated rings. The Morgan fingerprint density at radius 1 is 1.05 bits per heavy atom. The molecular formula is C17H25N2O3+. The van der Waals surface area contributed by atoms with Gasteiger partial charge in [-0.1, -0.05) is 0 Å². The van der Waals surface area contributed by atoms with Gasteiger partial charge in [0.05, 0.1) is 26.1 Å². The fourth-order valence-electron chi connectivity index (χ4n) is 3.11. The largest absolute Gasteiger partial charge is 0.486 e. The topological polar surface area (TPSA) is 52.0 Å². The molecule has 1 aromatic rings. The Kier molecular flexibility index (Phi) is 5.16. The van der Waals surface area contributed by atoms with Gasteiger partial charge in [-0.3, -0.25) is 4.79 Å². The molecule has 0 aliphatic carbocycles. The number of rotatable bonds is 4. The van der Waals surface area contributed by atoms with Crippen LogP contribution in [0.4, 0.5) is 5.69 Å². The van der Waals surface area contributed by atoms with Crippen LogP contribution in [-0.2, 0) is 4.79 Å². The Morgan fingerprint density at radius 3 is 2.55 bits per heavy atom. The van der Waals surface area contributed by atoms with Crippen LogP contribution in [0.3, 0.4) is 0 Å². The van der Waals surface area contributed by atoms with Crippen molar-refractivity contribution in [3.05, 3.63) is 18.2 Å². The maximum absolute atomic E-state index is 12.1. The fraction of sp³-hybridized carbons (Fsp3) is 0.588. The van der Waals surface area contributed by atoms with Crippen molar-refractivity contribution in [3.8, 4) is 11.5 Å². The zero-order valence-electron chi connectivity index (χ0n) is 13.0. The number of anilines is 1. The van der Waals surface area contributed by atoms with E-state index in [1.165, 1.54) is 38.8 Å². The Bertz CT molecular complexity index is 511. The Morgan fingerprint density at radius 2 is 1.77 bits per heavy atom. The van der Waals surface area contributed by atoms with Gasteiger partial charge in [-0.15, -0.1) is 0 Å². The number of amides is 1. The highest BCUT2D eigenvalue weighted by Crippen LogP contribution is 2.32. The van der Waals surface area contributed by atoms with Gasteiger partial charge in [-0.2, -0.15) is 0 Å². The molecule has 0 bridgehead atoms. The summed E-state index contributed by atoms with van der Waals surface area (Å²) in [4.78, 5) is 13.7. The lowest BCUT2D eigenvalue weighted by atomic mass is 10.2. The number of fused-ring (bicyclic) bond motifs is 1. The Labute approximate surface area is 131 Å². The van der Waals surface area contributed by atoms with Crippen LogP contribution < -0.4 is 19.7 Å². The second-order valence-electron chi connectivity index (χ2n) is 6.07. The number of carbonyl (C=O) groups is 1. The van der Waals surface area contributed by atoms with Crippen LogP contribution >= 0.6 is 0 Å². The van der Waals surface area contributed by atoms with E-state index in [2.05, 4.69) is 5.32 Å². The molecule has 5 heteroatoms.